The lowest BCUT2D eigenvalue weighted by atomic mass is 10.0. The zero-order valence-electron chi connectivity index (χ0n) is 11.3. The Balaban J connectivity index is 1.79. The minimum Gasteiger partial charge on any atom is -0.315 e. The van der Waals surface area contributed by atoms with Gasteiger partial charge in [-0.25, -0.2) is 9.20 Å². The van der Waals surface area contributed by atoms with E-state index in [9.17, 15) is 9.59 Å². The van der Waals surface area contributed by atoms with Crippen LogP contribution in [0.2, 0.25) is 0 Å². The lowest BCUT2D eigenvalue weighted by Gasteiger charge is -2.23. The van der Waals surface area contributed by atoms with Crippen LogP contribution in [-0.2, 0) is 0 Å². The molecule has 1 aliphatic rings. The topological polar surface area (TPSA) is 80.4 Å². The van der Waals surface area contributed by atoms with Crippen LogP contribution in [-0.4, -0.2) is 45.3 Å². The van der Waals surface area contributed by atoms with Crippen LogP contribution in [0.5, 0.6) is 0 Å². The zero-order chi connectivity index (χ0) is 14.2. The molecule has 3 rings (SSSR count). The quantitative estimate of drug-likeness (QED) is 0.787. The van der Waals surface area contributed by atoms with E-state index in [0.717, 1.165) is 24.2 Å². The van der Waals surface area contributed by atoms with E-state index in [1.165, 1.54) is 4.40 Å². The van der Waals surface area contributed by atoms with Crippen molar-refractivity contribution in [1.82, 2.24) is 24.8 Å². The molecule has 7 nitrogen and oxygen atoms in total. The Bertz CT molecular complexity index is 696. The van der Waals surface area contributed by atoms with Crippen LogP contribution in [0.15, 0.2) is 29.2 Å². The molecule has 0 saturated carbocycles. The van der Waals surface area contributed by atoms with E-state index in [1.807, 2.05) is 0 Å². The van der Waals surface area contributed by atoms with Gasteiger partial charge in [0.1, 0.15) is 0 Å². The molecule has 7 heteroatoms. The van der Waals surface area contributed by atoms with Crippen molar-refractivity contribution in [3.8, 4) is 0 Å². The maximum atomic E-state index is 12.1. The van der Waals surface area contributed by atoms with Crippen molar-refractivity contribution in [3.05, 3.63) is 34.9 Å². The average molecular weight is 275 g/mol. The maximum Gasteiger partial charge on any atom is 0.357 e. The van der Waals surface area contributed by atoms with Crippen molar-refractivity contribution in [2.45, 2.75) is 18.9 Å². The molecule has 20 heavy (non-hydrogen) atoms. The van der Waals surface area contributed by atoms with Crippen molar-refractivity contribution in [2.24, 2.45) is 0 Å². The lowest BCUT2D eigenvalue weighted by Crippen LogP contribution is -2.48. The molecule has 0 radical (unpaired) electrons. The fourth-order valence-corrected chi connectivity index (χ4v) is 2.42. The van der Waals surface area contributed by atoms with Gasteiger partial charge in [-0.2, -0.15) is 0 Å². The summed E-state index contributed by atoms with van der Waals surface area (Å²) >= 11 is 0. The molecule has 1 aliphatic heterocycles. The molecule has 1 fully saturated rings. The molecule has 1 unspecified atom stereocenters. The summed E-state index contributed by atoms with van der Waals surface area (Å²) in [5.41, 5.74) is -0.0555. The van der Waals surface area contributed by atoms with Crippen LogP contribution >= 0.6 is 0 Å². The zero-order valence-corrected chi connectivity index (χ0v) is 11.3. The van der Waals surface area contributed by atoms with Crippen molar-refractivity contribution in [3.63, 3.8) is 0 Å². The number of hydrogen-bond donors (Lipinski definition) is 2. The van der Waals surface area contributed by atoms with Crippen LogP contribution < -0.4 is 16.3 Å². The highest BCUT2D eigenvalue weighted by molar-refractivity contribution is 5.80. The SMILES string of the molecule is CC1(NCC(=O)n2nc3ccccn3c2=O)CCNC1. The standard InChI is InChI=1S/C13H17N5O2/c1-13(5-6-14-9-13)15-8-11(19)18-12(20)17-7-3-2-4-10(17)16-18/h2-4,7,14-15H,5-6,8-9H2,1H3. The van der Waals surface area contributed by atoms with E-state index in [-0.39, 0.29) is 18.0 Å². The second kappa shape index (κ2) is 4.84. The number of rotatable bonds is 3. The second-order valence-electron chi connectivity index (χ2n) is 5.36. The van der Waals surface area contributed by atoms with E-state index < -0.39 is 5.69 Å². The molecule has 2 aromatic rings. The maximum absolute atomic E-state index is 12.1. The summed E-state index contributed by atoms with van der Waals surface area (Å²) in [6.07, 6.45) is 2.56. The van der Waals surface area contributed by atoms with Crippen LogP contribution in [0.1, 0.15) is 18.1 Å². The molecule has 0 aliphatic carbocycles. The van der Waals surface area contributed by atoms with Gasteiger partial charge < -0.3 is 10.6 Å². The van der Waals surface area contributed by atoms with Gasteiger partial charge in [0.15, 0.2) is 5.65 Å². The van der Waals surface area contributed by atoms with Gasteiger partial charge in [0.05, 0.1) is 6.54 Å². The number of aromatic nitrogens is 3. The van der Waals surface area contributed by atoms with E-state index in [2.05, 4.69) is 22.7 Å². The van der Waals surface area contributed by atoms with Crippen molar-refractivity contribution in [1.29, 1.82) is 0 Å². The van der Waals surface area contributed by atoms with E-state index >= 15 is 0 Å². The number of nitrogens with zero attached hydrogens (tertiary/aromatic N) is 3. The number of fused-ring (bicyclic) bond motifs is 1. The highest BCUT2D eigenvalue weighted by atomic mass is 16.2. The molecule has 0 aromatic carbocycles. The Morgan fingerprint density at radius 3 is 3.10 bits per heavy atom. The molecule has 0 spiro atoms. The molecule has 2 aromatic heterocycles. The third kappa shape index (κ3) is 2.25. The summed E-state index contributed by atoms with van der Waals surface area (Å²) in [4.78, 5) is 24.2. The Morgan fingerprint density at radius 2 is 2.40 bits per heavy atom. The Kier molecular flexibility index (Phi) is 3.15. The first-order valence-electron chi connectivity index (χ1n) is 6.64. The summed E-state index contributed by atoms with van der Waals surface area (Å²) in [5.74, 6) is -0.341. The van der Waals surface area contributed by atoms with Gasteiger partial charge in [0, 0.05) is 18.3 Å². The Morgan fingerprint density at radius 1 is 1.55 bits per heavy atom. The van der Waals surface area contributed by atoms with Gasteiger partial charge in [-0.15, -0.1) is 9.78 Å². The first-order valence-corrected chi connectivity index (χ1v) is 6.64. The van der Waals surface area contributed by atoms with Gasteiger partial charge >= 0.3 is 5.69 Å². The Labute approximate surface area is 115 Å². The number of hydrogen-bond acceptors (Lipinski definition) is 5. The molecule has 0 amide bonds. The summed E-state index contributed by atoms with van der Waals surface area (Å²) in [6, 6.07) is 5.20. The minimum atomic E-state index is -0.429. The molecular formula is C13H17N5O2. The minimum absolute atomic E-state index is 0.0988. The average Bonchev–Trinajstić information content (AvgIpc) is 3.02. The lowest BCUT2D eigenvalue weighted by molar-refractivity contribution is 0.0881. The number of pyridine rings is 1. The van der Waals surface area contributed by atoms with E-state index in [4.69, 9.17) is 0 Å². The monoisotopic (exact) mass is 275 g/mol. The van der Waals surface area contributed by atoms with Gasteiger partial charge in [-0.1, -0.05) is 6.07 Å². The molecular weight excluding hydrogens is 258 g/mol. The fourth-order valence-electron chi connectivity index (χ4n) is 2.42. The predicted octanol–water partition coefficient (Wildman–Crippen LogP) is -0.522. The highest BCUT2D eigenvalue weighted by Gasteiger charge is 2.28. The third-order valence-electron chi connectivity index (χ3n) is 3.70. The highest BCUT2D eigenvalue weighted by Crippen LogP contribution is 2.12. The van der Waals surface area contributed by atoms with Crippen LogP contribution in [0.25, 0.3) is 5.65 Å². The first kappa shape index (κ1) is 13.0. The van der Waals surface area contributed by atoms with Crippen molar-refractivity contribution in [2.75, 3.05) is 19.6 Å². The summed E-state index contributed by atoms with van der Waals surface area (Å²) in [5, 5.41) is 10.5. The van der Waals surface area contributed by atoms with E-state index in [1.54, 1.807) is 24.4 Å². The van der Waals surface area contributed by atoms with Crippen molar-refractivity contribution >= 4 is 11.6 Å². The third-order valence-corrected chi connectivity index (χ3v) is 3.70. The Hall–Kier alpha value is -1.99. The number of nitrogens with one attached hydrogen (secondary N) is 2. The summed E-state index contributed by atoms with van der Waals surface area (Å²) in [6.45, 7) is 3.92. The van der Waals surface area contributed by atoms with Crippen LogP contribution in [0.4, 0.5) is 0 Å². The van der Waals surface area contributed by atoms with Crippen LogP contribution in [0, 0.1) is 0 Å². The van der Waals surface area contributed by atoms with Crippen LogP contribution in [0.3, 0.4) is 0 Å². The largest absolute Gasteiger partial charge is 0.357 e. The van der Waals surface area contributed by atoms with Gasteiger partial charge in [0.25, 0.3) is 5.91 Å². The number of carbonyl (C=O) groups excluding carboxylic acids is 1. The van der Waals surface area contributed by atoms with Gasteiger partial charge in [0.2, 0.25) is 0 Å². The van der Waals surface area contributed by atoms with Gasteiger partial charge in [-0.05, 0) is 32.0 Å². The first-order chi connectivity index (χ1) is 9.59. The molecule has 0 bridgehead atoms. The molecule has 106 valence electrons. The smallest absolute Gasteiger partial charge is 0.315 e. The molecule has 1 atom stereocenters. The molecule has 3 heterocycles. The fraction of sp³-hybridized carbons (Fsp3) is 0.462. The predicted molar refractivity (Wildman–Crippen MR) is 74.0 cm³/mol. The molecule has 2 N–H and O–H groups in total. The summed E-state index contributed by atoms with van der Waals surface area (Å²) < 4.78 is 2.28. The molecule has 1 saturated heterocycles. The summed E-state index contributed by atoms with van der Waals surface area (Å²) in [7, 11) is 0. The van der Waals surface area contributed by atoms with Gasteiger partial charge in [-0.3, -0.25) is 4.79 Å². The van der Waals surface area contributed by atoms with Crippen molar-refractivity contribution < 1.29 is 4.79 Å². The van der Waals surface area contributed by atoms with E-state index in [0.29, 0.717) is 5.65 Å². The normalized spacial score (nSPS) is 22.4. The number of carbonyl (C=O) groups is 1. The second-order valence-corrected chi connectivity index (χ2v) is 5.36.